The molecule has 23 heavy (non-hydrogen) atoms. The molecule has 0 aliphatic carbocycles. The van der Waals surface area contributed by atoms with Gasteiger partial charge in [0.25, 0.3) is 0 Å². The van der Waals surface area contributed by atoms with Crippen molar-refractivity contribution in [2.24, 2.45) is 5.73 Å². The van der Waals surface area contributed by atoms with Gasteiger partial charge in [-0.1, -0.05) is 0 Å². The van der Waals surface area contributed by atoms with Gasteiger partial charge < -0.3 is 10.6 Å². The fraction of sp³-hybridized carbons (Fsp3) is 0.444. The molecular weight excluding hydrogens is 286 g/mol. The number of hydrogen-bond acceptors (Lipinski definition) is 5. The standard InChI is InChI=1S/C18H21N5/c1-12-9-22(11-15-7-14(20)10-23(12)15)17-5-4-13(8-19)18-16(17)3-2-6-21-18/h2-6,12,14-15H,7,9-11,20H2,1H3/t12-,14?,15+/m1/s1. The summed E-state index contributed by atoms with van der Waals surface area (Å²) in [5.74, 6) is 0. The number of rotatable bonds is 1. The molecule has 5 heteroatoms. The van der Waals surface area contributed by atoms with Gasteiger partial charge in [-0.15, -0.1) is 0 Å². The van der Waals surface area contributed by atoms with Crippen LogP contribution in [0.3, 0.4) is 0 Å². The predicted molar refractivity (Wildman–Crippen MR) is 91.2 cm³/mol. The lowest BCUT2D eigenvalue weighted by Crippen LogP contribution is -2.55. The number of nitrogens with two attached hydrogens (primary N) is 1. The average Bonchev–Trinajstić information content (AvgIpc) is 2.94. The number of fused-ring (bicyclic) bond motifs is 2. The van der Waals surface area contributed by atoms with Crippen LogP contribution in [-0.2, 0) is 0 Å². The van der Waals surface area contributed by atoms with E-state index in [0.717, 1.165) is 37.0 Å². The second-order valence-corrected chi connectivity index (χ2v) is 6.74. The molecular formula is C18H21N5. The van der Waals surface area contributed by atoms with Gasteiger partial charge in [0.05, 0.1) is 11.1 Å². The third kappa shape index (κ3) is 2.35. The molecule has 1 aromatic carbocycles. The summed E-state index contributed by atoms with van der Waals surface area (Å²) in [5.41, 5.74) is 8.78. The van der Waals surface area contributed by atoms with E-state index in [2.05, 4.69) is 39.9 Å². The zero-order valence-electron chi connectivity index (χ0n) is 13.3. The Bertz CT molecular complexity index is 781. The molecule has 2 aliphatic heterocycles. The van der Waals surface area contributed by atoms with Crippen LogP contribution in [0.15, 0.2) is 30.5 Å². The molecule has 4 rings (SSSR count). The lowest BCUT2D eigenvalue weighted by Gasteiger charge is -2.43. The van der Waals surface area contributed by atoms with Crippen LogP contribution < -0.4 is 10.6 Å². The molecule has 2 fully saturated rings. The van der Waals surface area contributed by atoms with Gasteiger partial charge in [0.15, 0.2) is 0 Å². The molecule has 118 valence electrons. The fourth-order valence-corrected chi connectivity index (χ4v) is 4.17. The maximum Gasteiger partial charge on any atom is 0.101 e. The van der Waals surface area contributed by atoms with Crippen molar-refractivity contribution in [3.63, 3.8) is 0 Å². The van der Waals surface area contributed by atoms with Crippen molar-refractivity contribution in [3.05, 3.63) is 36.0 Å². The summed E-state index contributed by atoms with van der Waals surface area (Å²) in [5, 5.41) is 10.4. The predicted octanol–water partition coefficient (Wildman–Crippen LogP) is 1.72. The quantitative estimate of drug-likeness (QED) is 0.868. The summed E-state index contributed by atoms with van der Waals surface area (Å²) in [7, 11) is 0. The van der Waals surface area contributed by atoms with Crippen LogP contribution in [0.1, 0.15) is 18.9 Å². The molecule has 0 amide bonds. The van der Waals surface area contributed by atoms with E-state index < -0.39 is 0 Å². The van der Waals surface area contributed by atoms with Crippen molar-refractivity contribution in [1.82, 2.24) is 9.88 Å². The van der Waals surface area contributed by atoms with E-state index in [4.69, 9.17) is 5.73 Å². The number of piperazine rings is 1. The minimum absolute atomic E-state index is 0.293. The molecule has 0 saturated carbocycles. The summed E-state index contributed by atoms with van der Waals surface area (Å²) >= 11 is 0. The lowest BCUT2D eigenvalue weighted by molar-refractivity contribution is 0.166. The molecule has 1 aromatic heterocycles. The van der Waals surface area contributed by atoms with Crippen LogP contribution in [0.5, 0.6) is 0 Å². The summed E-state index contributed by atoms with van der Waals surface area (Å²) in [6, 6.07) is 11.5. The van der Waals surface area contributed by atoms with E-state index in [9.17, 15) is 5.26 Å². The van der Waals surface area contributed by atoms with E-state index in [1.807, 2.05) is 12.1 Å². The normalized spacial score (nSPS) is 27.9. The largest absolute Gasteiger partial charge is 0.368 e. The fourth-order valence-electron chi connectivity index (χ4n) is 4.17. The first kappa shape index (κ1) is 14.4. The van der Waals surface area contributed by atoms with Gasteiger partial charge in [0.2, 0.25) is 0 Å². The van der Waals surface area contributed by atoms with Crippen LogP contribution in [0.25, 0.3) is 10.9 Å². The van der Waals surface area contributed by atoms with Crippen molar-refractivity contribution in [2.75, 3.05) is 24.5 Å². The van der Waals surface area contributed by atoms with E-state index in [1.165, 1.54) is 5.69 Å². The van der Waals surface area contributed by atoms with Crippen molar-refractivity contribution >= 4 is 16.6 Å². The highest BCUT2D eigenvalue weighted by Crippen LogP contribution is 2.33. The van der Waals surface area contributed by atoms with Crippen molar-refractivity contribution in [1.29, 1.82) is 5.26 Å². The zero-order valence-corrected chi connectivity index (χ0v) is 13.3. The molecule has 0 spiro atoms. The highest BCUT2D eigenvalue weighted by molar-refractivity contribution is 5.95. The molecule has 3 heterocycles. The van der Waals surface area contributed by atoms with Crippen LogP contribution >= 0.6 is 0 Å². The first-order valence-corrected chi connectivity index (χ1v) is 8.21. The maximum atomic E-state index is 9.31. The number of nitriles is 1. The van der Waals surface area contributed by atoms with Crippen molar-refractivity contribution < 1.29 is 0 Å². The van der Waals surface area contributed by atoms with Gasteiger partial charge in [0, 0.05) is 55.0 Å². The Morgan fingerprint density at radius 1 is 1.26 bits per heavy atom. The third-order valence-electron chi connectivity index (χ3n) is 5.18. The molecule has 3 atom stereocenters. The van der Waals surface area contributed by atoms with Crippen LogP contribution in [0.2, 0.25) is 0 Å². The number of pyridine rings is 1. The topological polar surface area (TPSA) is 69.2 Å². The van der Waals surface area contributed by atoms with Crippen molar-refractivity contribution in [3.8, 4) is 6.07 Å². The number of anilines is 1. The van der Waals surface area contributed by atoms with Gasteiger partial charge in [0.1, 0.15) is 6.07 Å². The molecule has 2 aliphatic rings. The smallest absolute Gasteiger partial charge is 0.101 e. The third-order valence-corrected chi connectivity index (χ3v) is 5.18. The number of hydrogen-bond donors (Lipinski definition) is 1. The highest BCUT2D eigenvalue weighted by Gasteiger charge is 2.38. The Labute approximate surface area is 136 Å². The van der Waals surface area contributed by atoms with Gasteiger partial charge >= 0.3 is 0 Å². The van der Waals surface area contributed by atoms with E-state index >= 15 is 0 Å². The number of aromatic nitrogens is 1. The zero-order chi connectivity index (χ0) is 16.0. The Kier molecular flexibility index (Phi) is 3.44. The first-order valence-electron chi connectivity index (χ1n) is 8.21. The minimum atomic E-state index is 0.293. The monoisotopic (exact) mass is 307 g/mol. The first-order chi connectivity index (χ1) is 11.2. The lowest BCUT2D eigenvalue weighted by atomic mass is 10.0. The highest BCUT2D eigenvalue weighted by atomic mass is 15.3. The Morgan fingerprint density at radius 3 is 2.96 bits per heavy atom. The number of nitrogens with zero attached hydrogens (tertiary/aromatic N) is 4. The van der Waals surface area contributed by atoms with Crippen LogP contribution in [0.4, 0.5) is 5.69 Å². The molecule has 0 radical (unpaired) electrons. The van der Waals surface area contributed by atoms with Gasteiger partial charge in [-0.3, -0.25) is 9.88 Å². The number of benzene rings is 1. The summed E-state index contributed by atoms with van der Waals surface area (Å²) in [6.45, 7) is 5.27. The van der Waals surface area contributed by atoms with Gasteiger partial charge in [-0.25, -0.2) is 0 Å². The molecule has 1 unspecified atom stereocenters. The molecule has 2 N–H and O–H groups in total. The molecule has 2 saturated heterocycles. The molecule has 2 aromatic rings. The Morgan fingerprint density at radius 2 is 2.13 bits per heavy atom. The van der Waals surface area contributed by atoms with Gasteiger partial charge in [-0.05, 0) is 37.6 Å². The van der Waals surface area contributed by atoms with E-state index in [0.29, 0.717) is 23.7 Å². The Hall–Kier alpha value is -2.16. The van der Waals surface area contributed by atoms with Gasteiger partial charge in [-0.2, -0.15) is 5.26 Å². The Balaban J connectivity index is 1.74. The second kappa shape index (κ2) is 5.48. The summed E-state index contributed by atoms with van der Waals surface area (Å²) < 4.78 is 0. The second-order valence-electron chi connectivity index (χ2n) is 6.74. The van der Waals surface area contributed by atoms with E-state index in [-0.39, 0.29) is 0 Å². The van der Waals surface area contributed by atoms with Crippen LogP contribution in [0, 0.1) is 11.3 Å². The van der Waals surface area contributed by atoms with Crippen LogP contribution in [-0.4, -0.2) is 47.6 Å². The molecule has 5 nitrogen and oxygen atoms in total. The average molecular weight is 307 g/mol. The summed E-state index contributed by atoms with van der Waals surface area (Å²) in [6.07, 6.45) is 2.82. The molecule has 0 bridgehead atoms. The SMILES string of the molecule is C[C@@H]1CN(c2ccc(C#N)c3ncccc23)C[C@@H]2CC(N)CN21. The van der Waals surface area contributed by atoms with Crippen molar-refractivity contribution in [2.45, 2.75) is 31.5 Å². The minimum Gasteiger partial charge on any atom is -0.368 e. The summed E-state index contributed by atoms with van der Waals surface area (Å²) in [4.78, 5) is 9.41. The van der Waals surface area contributed by atoms with E-state index in [1.54, 1.807) is 6.20 Å². The maximum absolute atomic E-state index is 9.31.